The largest absolute Gasteiger partial charge is 0.319 e. The first kappa shape index (κ1) is 13.6. The van der Waals surface area contributed by atoms with Crippen LogP contribution in [0.5, 0.6) is 0 Å². The highest BCUT2D eigenvalue weighted by atomic mass is 15.1. The Bertz CT molecular complexity index is 345. The molecule has 0 aliphatic carbocycles. The fraction of sp³-hybridized carbons (Fsp3) is 0.625. The van der Waals surface area contributed by atoms with Crippen molar-refractivity contribution in [3.63, 3.8) is 0 Å². The van der Waals surface area contributed by atoms with Crippen molar-refractivity contribution < 1.29 is 0 Å². The smallest absolute Gasteiger partial charge is 0.00114 e. The minimum atomic E-state index is 0.772. The minimum Gasteiger partial charge on any atom is -0.319 e. The Morgan fingerprint density at radius 1 is 1.17 bits per heavy atom. The molecule has 1 aromatic carbocycles. The van der Waals surface area contributed by atoms with E-state index in [4.69, 9.17) is 0 Å². The highest BCUT2D eigenvalue weighted by molar-refractivity contribution is 5.25. The quantitative estimate of drug-likeness (QED) is 0.878. The highest BCUT2D eigenvalue weighted by Crippen LogP contribution is 2.27. The summed E-state index contributed by atoms with van der Waals surface area (Å²) in [6.07, 6.45) is 5.12. The molecule has 1 atom stereocenters. The van der Waals surface area contributed by atoms with Gasteiger partial charge in [-0.05, 0) is 76.5 Å². The van der Waals surface area contributed by atoms with Crippen LogP contribution >= 0.6 is 0 Å². The first-order chi connectivity index (χ1) is 8.79. The molecule has 1 aliphatic heterocycles. The summed E-state index contributed by atoms with van der Waals surface area (Å²) in [5, 5.41) is 3.20. The van der Waals surface area contributed by atoms with Crippen molar-refractivity contribution in [2.45, 2.75) is 31.6 Å². The van der Waals surface area contributed by atoms with Gasteiger partial charge in [0.05, 0.1) is 0 Å². The molecule has 0 bridgehead atoms. The Kier molecular flexibility index (Phi) is 5.21. The van der Waals surface area contributed by atoms with E-state index in [0.29, 0.717) is 0 Å². The molecule has 1 fully saturated rings. The Hall–Kier alpha value is -0.860. The molecule has 2 nitrogen and oxygen atoms in total. The number of nitrogens with one attached hydrogen (secondary N) is 1. The maximum absolute atomic E-state index is 3.20. The number of rotatable bonds is 4. The molecular weight excluding hydrogens is 220 g/mol. The van der Waals surface area contributed by atoms with E-state index < -0.39 is 0 Å². The van der Waals surface area contributed by atoms with Crippen LogP contribution < -0.4 is 5.32 Å². The van der Waals surface area contributed by atoms with Crippen molar-refractivity contribution in [1.82, 2.24) is 10.2 Å². The van der Waals surface area contributed by atoms with E-state index in [1.807, 2.05) is 7.05 Å². The first-order valence-electron chi connectivity index (χ1n) is 7.21. The molecule has 0 spiro atoms. The molecule has 1 heterocycles. The fourth-order valence-corrected chi connectivity index (χ4v) is 2.80. The van der Waals surface area contributed by atoms with Gasteiger partial charge in [0, 0.05) is 0 Å². The van der Waals surface area contributed by atoms with Crippen molar-refractivity contribution in [1.29, 1.82) is 0 Å². The molecule has 1 unspecified atom stereocenters. The average Bonchev–Trinajstić information content (AvgIpc) is 2.62. The summed E-state index contributed by atoms with van der Waals surface area (Å²) in [5.74, 6) is 0.772. The van der Waals surface area contributed by atoms with Crippen molar-refractivity contribution in [2.75, 3.05) is 33.7 Å². The number of hydrogen-bond acceptors (Lipinski definition) is 2. The van der Waals surface area contributed by atoms with Crippen LogP contribution in [0.3, 0.4) is 0 Å². The standard InChI is InChI=1S/C16H26N2/c1-17-11-9-14-5-7-16(8-6-14)15-4-3-12-18(2)13-10-15/h5-8,15,17H,3-4,9-13H2,1-2H3. The van der Waals surface area contributed by atoms with Gasteiger partial charge in [-0.25, -0.2) is 0 Å². The Balaban J connectivity index is 1.95. The van der Waals surface area contributed by atoms with E-state index in [-0.39, 0.29) is 0 Å². The summed E-state index contributed by atoms with van der Waals surface area (Å²) >= 11 is 0. The van der Waals surface area contributed by atoms with Crippen LogP contribution in [0.2, 0.25) is 0 Å². The van der Waals surface area contributed by atoms with Crippen LogP contribution in [0.25, 0.3) is 0 Å². The Morgan fingerprint density at radius 3 is 2.67 bits per heavy atom. The molecule has 0 radical (unpaired) electrons. The van der Waals surface area contributed by atoms with E-state index in [0.717, 1.165) is 18.9 Å². The molecule has 0 saturated carbocycles. The van der Waals surface area contributed by atoms with Gasteiger partial charge in [0.15, 0.2) is 0 Å². The second-order valence-corrected chi connectivity index (χ2v) is 5.53. The summed E-state index contributed by atoms with van der Waals surface area (Å²) in [5.41, 5.74) is 2.98. The number of hydrogen-bond donors (Lipinski definition) is 1. The Morgan fingerprint density at radius 2 is 1.94 bits per heavy atom. The van der Waals surface area contributed by atoms with E-state index in [9.17, 15) is 0 Å². The van der Waals surface area contributed by atoms with Crippen molar-refractivity contribution in [2.24, 2.45) is 0 Å². The molecule has 0 amide bonds. The Labute approximate surface area is 111 Å². The van der Waals surface area contributed by atoms with Gasteiger partial charge in [0.25, 0.3) is 0 Å². The SMILES string of the molecule is CNCCc1ccc(C2CCCN(C)CC2)cc1. The maximum atomic E-state index is 3.20. The summed E-state index contributed by atoms with van der Waals surface area (Å²) in [6, 6.07) is 9.31. The van der Waals surface area contributed by atoms with E-state index in [1.54, 1.807) is 5.56 Å². The topological polar surface area (TPSA) is 15.3 Å². The number of nitrogens with zero attached hydrogens (tertiary/aromatic N) is 1. The molecule has 1 N–H and O–H groups in total. The summed E-state index contributed by atoms with van der Waals surface area (Å²) in [6.45, 7) is 3.57. The van der Waals surface area contributed by atoms with Crippen molar-refractivity contribution >= 4 is 0 Å². The van der Waals surface area contributed by atoms with Crippen LogP contribution in [0.1, 0.15) is 36.3 Å². The molecule has 0 aromatic heterocycles. The predicted octanol–water partition coefficient (Wildman–Crippen LogP) is 2.65. The normalized spacial score (nSPS) is 21.8. The third-order valence-electron chi connectivity index (χ3n) is 4.07. The predicted molar refractivity (Wildman–Crippen MR) is 78.2 cm³/mol. The van der Waals surface area contributed by atoms with E-state index in [1.165, 1.54) is 37.9 Å². The van der Waals surface area contributed by atoms with Gasteiger partial charge in [-0.1, -0.05) is 24.3 Å². The van der Waals surface area contributed by atoms with Gasteiger partial charge < -0.3 is 10.2 Å². The van der Waals surface area contributed by atoms with Crippen molar-refractivity contribution in [3.05, 3.63) is 35.4 Å². The molecular formula is C16H26N2. The molecule has 100 valence electrons. The summed E-state index contributed by atoms with van der Waals surface area (Å²) in [7, 11) is 4.25. The molecule has 1 saturated heterocycles. The molecule has 2 heteroatoms. The average molecular weight is 246 g/mol. The van der Waals surface area contributed by atoms with Crippen molar-refractivity contribution in [3.8, 4) is 0 Å². The van der Waals surface area contributed by atoms with Gasteiger partial charge in [0.1, 0.15) is 0 Å². The molecule has 18 heavy (non-hydrogen) atoms. The first-order valence-corrected chi connectivity index (χ1v) is 7.21. The molecule has 1 aromatic rings. The zero-order valence-electron chi connectivity index (χ0n) is 11.8. The zero-order chi connectivity index (χ0) is 12.8. The van der Waals surface area contributed by atoms with E-state index >= 15 is 0 Å². The van der Waals surface area contributed by atoms with Gasteiger partial charge >= 0.3 is 0 Å². The van der Waals surface area contributed by atoms with Crippen LogP contribution in [0, 0.1) is 0 Å². The number of benzene rings is 1. The minimum absolute atomic E-state index is 0.772. The lowest BCUT2D eigenvalue weighted by molar-refractivity contribution is 0.347. The lowest BCUT2D eigenvalue weighted by atomic mass is 9.91. The fourth-order valence-electron chi connectivity index (χ4n) is 2.80. The third kappa shape index (κ3) is 3.82. The monoisotopic (exact) mass is 246 g/mol. The molecule has 1 aliphatic rings. The van der Waals surface area contributed by atoms with Gasteiger partial charge in [-0.3, -0.25) is 0 Å². The summed E-state index contributed by atoms with van der Waals surface area (Å²) in [4.78, 5) is 2.46. The highest BCUT2D eigenvalue weighted by Gasteiger charge is 2.16. The second-order valence-electron chi connectivity index (χ2n) is 5.53. The zero-order valence-corrected chi connectivity index (χ0v) is 11.8. The lowest BCUT2D eigenvalue weighted by Gasteiger charge is -2.15. The van der Waals surface area contributed by atoms with Crippen LogP contribution in [0.4, 0.5) is 0 Å². The lowest BCUT2D eigenvalue weighted by Crippen LogP contribution is -2.18. The molecule has 2 rings (SSSR count). The van der Waals surface area contributed by atoms with Gasteiger partial charge in [-0.2, -0.15) is 0 Å². The maximum Gasteiger partial charge on any atom is -0.00114 e. The van der Waals surface area contributed by atoms with Gasteiger partial charge in [0.2, 0.25) is 0 Å². The van der Waals surface area contributed by atoms with Gasteiger partial charge in [-0.15, -0.1) is 0 Å². The van der Waals surface area contributed by atoms with E-state index in [2.05, 4.69) is 41.5 Å². The number of likely N-dealkylation sites (tertiary alicyclic amines) is 1. The number of likely N-dealkylation sites (N-methyl/N-ethyl adjacent to an activating group) is 1. The third-order valence-corrected chi connectivity index (χ3v) is 4.07. The second kappa shape index (κ2) is 6.91. The van der Waals surface area contributed by atoms with Crippen LogP contribution in [-0.4, -0.2) is 38.6 Å². The van der Waals surface area contributed by atoms with Crippen LogP contribution in [-0.2, 0) is 6.42 Å². The van der Waals surface area contributed by atoms with Crippen LogP contribution in [0.15, 0.2) is 24.3 Å². The summed E-state index contributed by atoms with van der Waals surface area (Å²) < 4.78 is 0.